The lowest BCUT2D eigenvalue weighted by molar-refractivity contribution is -0.664. The van der Waals surface area contributed by atoms with Crippen LogP contribution in [0.25, 0.3) is 10.9 Å². The van der Waals surface area contributed by atoms with E-state index in [1.165, 1.54) is 0 Å². The Morgan fingerprint density at radius 1 is 1.29 bits per heavy atom. The Morgan fingerprint density at radius 2 is 1.93 bits per heavy atom. The molecule has 0 aliphatic rings. The second-order valence-electron chi connectivity index (χ2n) is 3.50. The van der Waals surface area contributed by atoms with Crippen molar-refractivity contribution in [1.82, 2.24) is 4.57 Å². The SMILES string of the molecule is Cc1c2ccccc2[n+](C)c(=O)n1C. The van der Waals surface area contributed by atoms with Gasteiger partial charge in [0, 0.05) is 0 Å². The summed E-state index contributed by atoms with van der Waals surface area (Å²) in [5.74, 6) is 0. The monoisotopic (exact) mass is 189 g/mol. The molecular formula is C11H13N2O+. The second kappa shape index (κ2) is 2.94. The van der Waals surface area contributed by atoms with Gasteiger partial charge >= 0.3 is 5.69 Å². The molecule has 3 heteroatoms. The first-order valence-corrected chi connectivity index (χ1v) is 4.57. The van der Waals surface area contributed by atoms with E-state index in [-0.39, 0.29) is 5.69 Å². The highest BCUT2D eigenvalue weighted by Gasteiger charge is 2.13. The molecule has 0 aliphatic heterocycles. The number of hydrogen-bond acceptors (Lipinski definition) is 1. The molecule has 72 valence electrons. The Bertz CT molecular complexity index is 555. The summed E-state index contributed by atoms with van der Waals surface area (Å²) < 4.78 is 3.34. The summed E-state index contributed by atoms with van der Waals surface area (Å²) in [7, 11) is 3.59. The Labute approximate surface area is 82.2 Å². The summed E-state index contributed by atoms with van der Waals surface area (Å²) >= 11 is 0. The van der Waals surface area contributed by atoms with Gasteiger partial charge in [-0.1, -0.05) is 12.1 Å². The first-order valence-electron chi connectivity index (χ1n) is 4.57. The van der Waals surface area contributed by atoms with Crippen LogP contribution < -0.4 is 10.3 Å². The minimum atomic E-state index is 0.0150. The third-order valence-electron chi connectivity index (χ3n) is 2.73. The molecule has 0 saturated heterocycles. The van der Waals surface area contributed by atoms with E-state index in [1.54, 1.807) is 23.2 Å². The molecule has 0 fully saturated rings. The van der Waals surface area contributed by atoms with Gasteiger partial charge in [0.05, 0.1) is 19.5 Å². The maximum Gasteiger partial charge on any atom is 0.498 e. The molecule has 14 heavy (non-hydrogen) atoms. The Hall–Kier alpha value is -1.64. The zero-order valence-corrected chi connectivity index (χ0v) is 8.61. The standard InChI is InChI=1S/C11H13N2O/c1-8-9-6-4-5-7-10(9)13(3)11(14)12(8)2/h4-7H,1-3H3/q+1. The minimum Gasteiger partial charge on any atom is -0.197 e. The molecule has 0 saturated carbocycles. The zero-order chi connectivity index (χ0) is 10.3. The molecule has 1 aromatic carbocycles. The molecule has 0 bridgehead atoms. The van der Waals surface area contributed by atoms with Crippen LogP contribution in [0.15, 0.2) is 29.1 Å². The third kappa shape index (κ3) is 1.05. The molecule has 1 heterocycles. The smallest absolute Gasteiger partial charge is 0.197 e. The number of hydrogen-bond donors (Lipinski definition) is 0. The van der Waals surface area contributed by atoms with Gasteiger partial charge in [-0.25, -0.2) is 0 Å². The lowest BCUT2D eigenvalue weighted by atomic mass is 10.2. The molecule has 2 aromatic rings. The van der Waals surface area contributed by atoms with Crippen LogP contribution in [0.5, 0.6) is 0 Å². The molecule has 0 unspecified atom stereocenters. The van der Waals surface area contributed by atoms with Crippen molar-refractivity contribution in [2.45, 2.75) is 6.92 Å². The van der Waals surface area contributed by atoms with Gasteiger partial charge in [0.1, 0.15) is 11.2 Å². The average Bonchev–Trinajstić information content (AvgIpc) is 2.23. The van der Waals surface area contributed by atoms with Crippen LogP contribution in [-0.2, 0) is 14.1 Å². The molecule has 0 N–H and O–H groups in total. The van der Waals surface area contributed by atoms with E-state index >= 15 is 0 Å². The number of aryl methyl sites for hydroxylation is 2. The molecule has 0 amide bonds. The van der Waals surface area contributed by atoms with Crippen LogP contribution in [0.4, 0.5) is 0 Å². The predicted molar refractivity (Wildman–Crippen MR) is 55.1 cm³/mol. The third-order valence-corrected chi connectivity index (χ3v) is 2.73. The fourth-order valence-corrected chi connectivity index (χ4v) is 1.72. The first kappa shape index (κ1) is 8.94. The van der Waals surface area contributed by atoms with Gasteiger partial charge in [-0.05, 0) is 19.1 Å². The van der Waals surface area contributed by atoms with E-state index in [0.29, 0.717) is 0 Å². The van der Waals surface area contributed by atoms with E-state index < -0.39 is 0 Å². The zero-order valence-electron chi connectivity index (χ0n) is 8.61. The highest BCUT2D eigenvalue weighted by molar-refractivity contribution is 5.77. The Morgan fingerprint density at radius 3 is 2.64 bits per heavy atom. The van der Waals surface area contributed by atoms with Gasteiger partial charge in [0.2, 0.25) is 0 Å². The summed E-state index contributed by atoms with van der Waals surface area (Å²) in [5, 5.41) is 1.12. The lowest BCUT2D eigenvalue weighted by Gasteiger charge is -2.03. The minimum absolute atomic E-state index is 0.0150. The van der Waals surface area contributed by atoms with Gasteiger partial charge in [0.15, 0.2) is 0 Å². The molecule has 0 aliphatic carbocycles. The second-order valence-corrected chi connectivity index (χ2v) is 3.50. The van der Waals surface area contributed by atoms with Crippen LogP contribution in [0, 0.1) is 6.92 Å². The van der Waals surface area contributed by atoms with Crippen molar-refractivity contribution in [3.05, 3.63) is 40.4 Å². The van der Waals surface area contributed by atoms with Gasteiger partial charge in [-0.3, -0.25) is 0 Å². The van der Waals surface area contributed by atoms with Crippen molar-refractivity contribution in [3.8, 4) is 0 Å². The van der Waals surface area contributed by atoms with Crippen LogP contribution in [0.3, 0.4) is 0 Å². The average molecular weight is 189 g/mol. The summed E-state index contributed by atoms with van der Waals surface area (Å²) in [4.78, 5) is 11.7. The van der Waals surface area contributed by atoms with E-state index in [2.05, 4.69) is 0 Å². The summed E-state index contributed by atoms with van der Waals surface area (Å²) in [6, 6.07) is 7.93. The predicted octanol–water partition coefficient (Wildman–Crippen LogP) is 0.671. The number of nitrogens with zero attached hydrogens (tertiary/aromatic N) is 2. The largest absolute Gasteiger partial charge is 0.498 e. The van der Waals surface area contributed by atoms with Gasteiger partial charge < -0.3 is 0 Å². The topological polar surface area (TPSA) is 25.9 Å². The Balaban J connectivity index is 3.10. The van der Waals surface area contributed by atoms with Crippen molar-refractivity contribution < 1.29 is 4.57 Å². The molecule has 0 atom stereocenters. The van der Waals surface area contributed by atoms with Crippen molar-refractivity contribution >= 4 is 10.9 Å². The summed E-state index contributed by atoms with van der Waals surface area (Å²) in [5.41, 5.74) is 2.00. The van der Waals surface area contributed by atoms with E-state index in [1.807, 2.05) is 31.2 Å². The Kier molecular flexibility index (Phi) is 1.88. The number of aromatic nitrogens is 2. The summed E-state index contributed by atoms with van der Waals surface area (Å²) in [6.45, 7) is 1.96. The van der Waals surface area contributed by atoms with E-state index in [4.69, 9.17) is 0 Å². The number of rotatable bonds is 0. The molecule has 1 aromatic heterocycles. The van der Waals surface area contributed by atoms with Gasteiger partial charge in [-0.15, -0.1) is 0 Å². The first-order chi connectivity index (χ1) is 6.63. The molecule has 2 rings (SSSR count). The molecule has 0 radical (unpaired) electrons. The quantitative estimate of drug-likeness (QED) is 0.559. The van der Waals surface area contributed by atoms with Crippen LogP contribution in [-0.4, -0.2) is 4.57 Å². The highest BCUT2D eigenvalue weighted by Crippen LogP contribution is 2.11. The summed E-state index contributed by atoms with van der Waals surface area (Å²) in [6.07, 6.45) is 0. The van der Waals surface area contributed by atoms with Crippen LogP contribution in [0.2, 0.25) is 0 Å². The van der Waals surface area contributed by atoms with Gasteiger partial charge in [0.25, 0.3) is 0 Å². The van der Waals surface area contributed by atoms with Crippen molar-refractivity contribution in [3.63, 3.8) is 0 Å². The lowest BCUT2D eigenvalue weighted by Crippen LogP contribution is -2.51. The number of para-hydroxylation sites is 1. The van der Waals surface area contributed by atoms with E-state index in [9.17, 15) is 4.79 Å². The maximum absolute atomic E-state index is 11.7. The highest BCUT2D eigenvalue weighted by atomic mass is 16.1. The molecule has 3 nitrogen and oxygen atoms in total. The van der Waals surface area contributed by atoms with Crippen molar-refractivity contribution in [2.24, 2.45) is 14.1 Å². The van der Waals surface area contributed by atoms with Crippen molar-refractivity contribution in [2.75, 3.05) is 0 Å². The normalized spacial score (nSPS) is 10.8. The fourth-order valence-electron chi connectivity index (χ4n) is 1.72. The maximum atomic E-state index is 11.7. The number of fused-ring (bicyclic) bond motifs is 1. The van der Waals surface area contributed by atoms with Crippen molar-refractivity contribution in [1.29, 1.82) is 0 Å². The number of benzene rings is 1. The molecular weight excluding hydrogens is 176 g/mol. The fraction of sp³-hybridized carbons (Fsp3) is 0.273. The van der Waals surface area contributed by atoms with E-state index in [0.717, 1.165) is 16.6 Å². The molecule has 0 spiro atoms. The van der Waals surface area contributed by atoms with Crippen LogP contribution >= 0.6 is 0 Å². The van der Waals surface area contributed by atoms with Crippen LogP contribution in [0.1, 0.15) is 5.69 Å². The van der Waals surface area contributed by atoms with Gasteiger partial charge in [-0.2, -0.15) is 13.9 Å².